The molecule has 2 heterocycles. The Morgan fingerprint density at radius 2 is 1.88 bits per heavy atom. The third kappa shape index (κ3) is 4.99. The number of nitrogens with zero attached hydrogens (tertiary/aromatic N) is 3. The highest BCUT2D eigenvalue weighted by atomic mass is 16.3. The SMILES string of the molecule is CNC(=O)c1ccc(C(=O)N2CCN(CC(O)C(C)(C)C)CC2)cn1. The van der Waals surface area contributed by atoms with E-state index in [4.69, 9.17) is 0 Å². The number of pyridine rings is 1. The molecule has 2 amide bonds. The van der Waals surface area contributed by atoms with E-state index in [2.05, 4.69) is 15.2 Å². The van der Waals surface area contributed by atoms with Gasteiger partial charge >= 0.3 is 0 Å². The van der Waals surface area contributed by atoms with Crippen molar-refractivity contribution in [1.29, 1.82) is 0 Å². The van der Waals surface area contributed by atoms with Crippen LogP contribution in [0.15, 0.2) is 18.3 Å². The van der Waals surface area contributed by atoms with Crippen molar-refractivity contribution in [1.82, 2.24) is 20.1 Å². The van der Waals surface area contributed by atoms with Gasteiger partial charge in [0, 0.05) is 46.0 Å². The van der Waals surface area contributed by atoms with Crippen molar-refractivity contribution in [2.24, 2.45) is 5.41 Å². The summed E-state index contributed by atoms with van der Waals surface area (Å²) in [6.45, 7) is 9.39. The highest BCUT2D eigenvalue weighted by molar-refractivity contribution is 5.96. The van der Waals surface area contributed by atoms with E-state index < -0.39 is 6.10 Å². The predicted octanol–water partition coefficient (Wildman–Crippen LogP) is 0.606. The van der Waals surface area contributed by atoms with Crippen LogP contribution in [0.4, 0.5) is 0 Å². The van der Waals surface area contributed by atoms with E-state index >= 15 is 0 Å². The first-order valence-electron chi connectivity index (χ1n) is 8.60. The Bertz CT molecular complexity index is 602. The molecule has 138 valence electrons. The standard InChI is InChI=1S/C18H28N4O3/c1-18(2,3)15(23)12-21-7-9-22(10-8-21)17(25)13-5-6-14(20-11-13)16(24)19-4/h5-6,11,15,23H,7-10,12H2,1-4H3,(H,19,24). The maximum absolute atomic E-state index is 12.6. The summed E-state index contributed by atoms with van der Waals surface area (Å²) in [4.78, 5) is 32.1. The Morgan fingerprint density at radius 1 is 1.24 bits per heavy atom. The second-order valence-corrected chi connectivity index (χ2v) is 7.49. The van der Waals surface area contributed by atoms with Crippen LogP contribution >= 0.6 is 0 Å². The molecule has 2 N–H and O–H groups in total. The number of carbonyl (C=O) groups is 2. The third-order valence-corrected chi connectivity index (χ3v) is 4.56. The molecule has 0 aromatic carbocycles. The average Bonchev–Trinajstić information content (AvgIpc) is 2.60. The van der Waals surface area contributed by atoms with Gasteiger partial charge in [0.25, 0.3) is 11.8 Å². The van der Waals surface area contributed by atoms with Gasteiger partial charge in [0.2, 0.25) is 0 Å². The molecule has 7 heteroatoms. The van der Waals surface area contributed by atoms with Crippen LogP contribution in [0.5, 0.6) is 0 Å². The topological polar surface area (TPSA) is 85.8 Å². The summed E-state index contributed by atoms with van der Waals surface area (Å²) < 4.78 is 0. The lowest BCUT2D eigenvalue weighted by Gasteiger charge is -2.38. The van der Waals surface area contributed by atoms with Crippen LogP contribution in [0.25, 0.3) is 0 Å². The maximum Gasteiger partial charge on any atom is 0.269 e. The van der Waals surface area contributed by atoms with Crippen LogP contribution in [-0.4, -0.2) is 77.6 Å². The van der Waals surface area contributed by atoms with Gasteiger partial charge in [-0.3, -0.25) is 19.5 Å². The number of rotatable bonds is 4. The largest absolute Gasteiger partial charge is 0.391 e. The zero-order chi connectivity index (χ0) is 18.6. The van der Waals surface area contributed by atoms with Crippen molar-refractivity contribution in [2.75, 3.05) is 39.8 Å². The van der Waals surface area contributed by atoms with Gasteiger partial charge in [-0.1, -0.05) is 20.8 Å². The summed E-state index contributed by atoms with van der Waals surface area (Å²) >= 11 is 0. The molecule has 0 aliphatic carbocycles. The number of hydrogen-bond donors (Lipinski definition) is 2. The summed E-state index contributed by atoms with van der Waals surface area (Å²) in [5.41, 5.74) is 0.626. The molecule has 1 aliphatic heterocycles. The van der Waals surface area contributed by atoms with Gasteiger partial charge in [0.05, 0.1) is 11.7 Å². The smallest absolute Gasteiger partial charge is 0.269 e. The van der Waals surface area contributed by atoms with Crippen molar-refractivity contribution >= 4 is 11.8 Å². The Balaban J connectivity index is 1.90. The van der Waals surface area contributed by atoms with Gasteiger partial charge in [0.1, 0.15) is 5.69 Å². The minimum absolute atomic E-state index is 0.0769. The molecule has 1 fully saturated rings. The first-order valence-corrected chi connectivity index (χ1v) is 8.60. The van der Waals surface area contributed by atoms with E-state index in [1.165, 1.54) is 6.20 Å². The molecule has 1 aliphatic rings. The molecule has 25 heavy (non-hydrogen) atoms. The summed E-state index contributed by atoms with van der Waals surface area (Å²) in [5, 5.41) is 12.7. The van der Waals surface area contributed by atoms with Gasteiger partial charge in [-0.25, -0.2) is 0 Å². The van der Waals surface area contributed by atoms with Crippen LogP contribution in [-0.2, 0) is 0 Å². The van der Waals surface area contributed by atoms with Gasteiger partial charge in [-0.05, 0) is 17.5 Å². The monoisotopic (exact) mass is 348 g/mol. The second-order valence-electron chi connectivity index (χ2n) is 7.49. The number of aliphatic hydroxyl groups excluding tert-OH is 1. The molecule has 0 bridgehead atoms. The van der Waals surface area contributed by atoms with Crippen LogP contribution in [0.3, 0.4) is 0 Å². The number of piperazine rings is 1. The van der Waals surface area contributed by atoms with Crippen molar-refractivity contribution < 1.29 is 14.7 Å². The fourth-order valence-electron chi connectivity index (χ4n) is 2.62. The molecule has 0 saturated carbocycles. The molecular weight excluding hydrogens is 320 g/mol. The molecule has 2 rings (SSSR count). The average molecular weight is 348 g/mol. The van der Waals surface area contributed by atoms with E-state index in [9.17, 15) is 14.7 Å². The van der Waals surface area contributed by atoms with Gasteiger partial charge in [0.15, 0.2) is 0 Å². The minimum atomic E-state index is -0.392. The minimum Gasteiger partial charge on any atom is -0.391 e. The summed E-state index contributed by atoms with van der Waals surface area (Å²) in [6.07, 6.45) is 1.05. The lowest BCUT2D eigenvalue weighted by molar-refractivity contribution is 0.0136. The molecule has 0 spiro atoms. The fourth-order valence-corrected chi connectivity index (χ4v) is 2.62. The van der Waals surface area contributed by atoms with E-state index in [-0.39, 0.29) is 17.2 Å². The highest BCUT2D eigenvalue weighted by Gasteiger charge is 2.28. The van der Waals surface area contributed by atoms with Gasteiger partial charge in [-0.15, -0.1) is 0 Å². The van der Waals surface area contributed by atoms with Gasteiger partial charge in [-0.2, -0.15) is 0 Å². The molecule has 7 nitrogen and oxygen atoms in total. The highest BCUT2D eigenvalue weighted by Crippen LogP contribution is 2.20. The van der Waals surface area contributed by atoms with Crippen LogP contribution in [0.1, 0.15) is 41.6 Å². The van der Waals surface area contributed by atoms with Crippen LogP contribution in [0, 0.1) is 5.41 Å². The molecular formula is C18H28N4O3. The van der Waals surface area contributed by atoms with Crippen molar-refractivity contribution in [2.45, 2.75) is 26.9 Å². The van der Waals surface area contributed by atoms with Crippen molar-refractivity contribution in [3.8, 4) is 0 Å². The zero-order valence-corrected chi connectivity index (χ0v) is 15.5. The third-order valence-electron chi connectivity index (χ3n) is 4.56. The molecule has 1 aromatic rings. The number of hydrogen-bond acceptors (Lipinski definition) is 5. The summed E-state index contributed by atoms with van der Waals surface area (Å²) in [5.74, 6) is -0.350. The first-order chi connectivity index (χ1) is 11.7. The number of aliphatic hydroxyl groups is 1. The molecule has 1 saturated heterocycles. The van der Waals surface area contributed by atoms with Crippen molar-refractivity contribution in [3.63, 3.8) is 0 Å². The summed E-state index contributed by atoms with van der Waals surface area (Å²) in [6, 6.07) is 3.19. The Kier molecular flexibility index (Phi) is 6.13. The Morgan fingerprint density at radius 3 is 2.36 bits per heavy atom. The van der Waals surface area contributed by atoms with E-state index in [1.54, 1.807) is 24.1 Å². The zero-order valence-electron chi connectivity index (χ0n) is 15.5. The quantitative estimate of drug-likeness (QED) is 0.832. The van der Waals surface area contributed by atoms with Crippen LogP contribution < -0.4 is 5.32 Å². The van der Waals surface area contributed by atoms with E-state index in [0.717, 1.165) is 13.1 Å². The van der Waals surface area contributed by atoms with E-state index in [1.807, 2.05) is 20.8 Å². The number of carbonyl (C=O) groups excluding carboxylic acids is 2. The normalized spacial score (nSPS) is 17.2. The van der Waals surface area contributed by atoms with Crippen LogP contribution in [0.2, 0.25) is 0 Å². The number of aromatic nitrogens is 1. The molecule has 1 aromatic heterocycles. The van der Waals surface area contributed by atoms with Crippen molar-refractivity contribution in [3.05, 3.63) is 29.6 Å². The molecule has 1 unspecified atom stereocenters. The Hall–Kier alpha value is -1.99. The number of amides is 2. The van der Waals surface area contributed by atoms with E-state index in [0.29, 0.717) is 30.9 Å². The summed E-state index contributed by atoms with van der Waals surface area (Å²) in [7, 11) is 1.54. The molecule has 0 radical (unpaired) electrons. The first kappa shape index (κ1) is 19.3. The second kappa shape index (κ2) is 7.93. The number of nitrogens with one attached hydrogen (secondary N) is 1. The predicted molar refractivity (Wildman–Crippen MR) is 95.4 cm³/mol. The lowest BCUT2D eigenvalue weighted by atomic mass is 9.89. The van der Waals surface area contributed by atoms with Gasteiger partial charge < -0.3 is 15.3 Å². The lowest BCUT2D eigenvalue weighted by Crippen LogP contribution is -2.51. The maximum atomic E-state index is 12.6. The number of β-amino-alcohol motifs (C(OH)–C–C–N with tert-alkyl or cyclic N) is 1. The molecule has 1 atom stereocenters. The fraction of sp³-hybridized carbons (Fsp3) is 0.611. The Labute approximate surface area is 149 Å².